The van der Waals surface area contributed by atoms with E-state index in [1.165, 1.54) is 18.0 Å². The van der Waals surface area contributed by atoms with Crippen LogP contribution in [0.3, 0.4) is 0 Å². The molecule has 0 radical (unpaired) electrons. The molecule has 1 unspecified atom stereocenters. The van der Waals surface area contributed by atoms with Crippen LogP contribution in [0.5, 0.6) is 0 Å². The fourth-order valence-corrected chi connectivity index (χ4v) is 10.8. The maximum atomic E-state index is 14.4. The van der Waals surface area contributed by atoms with E-state index < -0.39 is 88.1 Å². The fourth-order valence-electron chi connectivity index (χ4n) is 7.02. The largest absolute Gasteiger partial charge is 0.395 e. The standard InChI is InChI=1S/C30H37F5N4O5S/c1-3-17-24(37-44-27(17)15-4-5-15)28(29(42)6-8-30(34,35)9-7-29)45-14-21(43-2)25(26(41)22(45)13-40)39-12-20(36-38-39)16-10-18(31)23(33)19(32)11-16/h10-12,15,21-22,25-26,28,40-42,45H,3-9,13-14H2,1-2H3/t21-,22+,25+,26-,28+/m0/s1. The van der Waals surface area contributed by atoms with E-state index >= 15 is 0 Å². The smallest absolute Gasteiger partial charge is 0.248 e. The van der Waals surface area contributed by atoms with Crippen LogP contribution in [0.25, 0.3) is 11.3 Å². The number of benzene rings is 1. The lowest BCUT2D eigenvalue weighted by Gasteiger charge is -2.53. The summed E-state index contributed by atoms with van der Waals surface area (Å²) in [6, 6.07) is 0.649. The Hall–Kier alpha value is -2.59. The van der Waals surface area contributed by atoms with Crippen LogP contribution in [0.2, 0.25) is 0 Å². The van der Waals surface area contributed by atoms with Crippen molar-refractivity contribution in [3.05, 3.63) is 52.8 Å². The third kappa shape index (κ3) is 5.90. The van der Waals surface area contributed by atoms with E-state index in [0.717, 1.165) is 36.3 Å². The van der Waals surface area contributed by atoms with Gasteiger partial charge in [-0.15, -0.1) is 5.10 Å². The van der Waals surface area contributed by atoms with E-state index in [4.69, 9.17) is 9.26 Å². The number of aliphatic hydroxyl groups excluding tert-OH is 2. The van der Waals surface area contributed by atoms with Crippen LogP contribution in [0.4, 0.5) is 22.0 Å². The van der Waals surface area contributed by atoms with Crippen LogP contribution < -0.4 is 0 Å². The molecule has 248 valence electrons. The maximum absolute atomic E-state index is 14.4. The summed E-state index contributed by atoms with van der Waals surface area (Å²) in [6.45, 7) is 1.45. The Labute approximate surface area is 259 Å². The first-order valence-corrected chi connectivity index (χ1v) is 16.8. The average Bonchev–Trinajstić information content (AvgIpc) is 3.59. The minimum atomic E-state index is -2.91. The van der Waals surface area contributed by atoms with Crippen LogP contribution >= 0.6 is 10.9 Å². The molecule has 1 aliphatic heterocycles. The van der Waals surface area contributed by atoms with E-state index in [-0.39, 0.29) is 35.8 Å². The average molecular weight is 661 g/mol. The maximum Gasteiger partial charge on any atom is 0.248 e. The van der Waals surface area contributed by atoms with Crippen molar-refractivity contribution in [2.24, 2.45) is 0 Å². The molecule has 1 aromatic carbocycles. The van der Waals surface area contributed by atoms with Crippen molar-refractivity contribution in [3.8, 4) is 11.3 Å². The highest BCUT2D eigenvalue weighted by molar-refractivity contribution is 8.18. The van der Waals surface area contributed by atoms with Crippen molar-refractivity contribution in [1.29, 1.82) is 0 Å². The van der Waals surface area contributed by atoms with Gasteiger partial charge >= 0.3 is 0 Å². The molecule has 3 aliphatic rings. The normalized spacial score (nSPS) is 29.5. The van der Waals surface area contributed by atoms with Crippen LogP contribution in [0.15, 0.2) is 22.9 Å². The predicted octanol–water partition coefficient (Wildman–Crippen LogP) is 4.76. The first-order chi connectivity index (χ1) is 21.4. The number of rotatable bonds is 9. The molecule has 3 fully saturated rings. The second kappa shape index (κ2) is 12.2. The van der Waals surface area contributed by atoms with Crippen LogP contribution in [0.1, 0.15) is 79.7 Å². The molecule has 3 heterocycles. The Balaban J connectivity index is 1.38. The zero-order valence-corrected chi connectivity index (χ0v) is 25.7. The first-order valence-electron chi connectivity index (χ1n) is 15.1. The highest BCUT2D eigenvalue weighted by Gasteiger charge is 2.55. The summed E-state index contributed by atoms with van der Waals surface area (Å²) >= 11 is 0. The Morgan fingerprint density at radius 3 is 2.38 bits per heavy atom. The molecule has 15 heteroatoms. The summed E-state index contributed by atoms with van der Waals surface area (Å²) in [7, 11) is -0.146. The zero-order chi connectivity index (χ0) is 32.3. The molecule has 6 rings (SSSR count). The van der Waals surface area contributed by atoms with E-state index in [1.54, 1.807) is 0 Å². The van der Waals surface area contributed by atoms with Crippen molar-refractivity contribution >= 4 is 10.9 Å². The molecule has 3 N–H and O–H groups in total. The van der Waals surface area contributed by atoms with Crippen LogP contribution in [0, 0.1) is 17.5 Å². The molecule has 1 saturated heterocycles. The number of halogens is 5. The van der Waals surface area contributed by atoms with Gasteiger partial charge in [0.05, 0.1) is 35.9 Å². The van der Waals surface area contributed by atoms with Crippen molar-refractivity contribution < 1.29 is 46.5 Å². The second-order valence-electron chi connectivity index (χ2n) is 12.4. The summed E-state index contributed by atoms with van der Waals surface area (Å²) in [4.78, 5) is 0. The van der Waals surface area contributed by atoms with Gasteiger partial charge in [-0.1, -0.05) is 17.3 Å². The number of alkyl halides is 2. The molecule has 0 bridgehead atoms. The van der Waals surface area contributed by atoms with Crippen molar-refractivity contribution in [2.45, 2.75) is 98.1 Å². The predicted molar refractivity (Wildman–Crippen MR) is 155 cm³/mol. The number of hydrogen-bond acceptors (Lipinski definition) is 8. The topological polar surface area (TPSA) is 127 Å². The molecule has 0 amide bonds. The Morgan fingerprint density at radius 2 is 1.80 bits per heavy atom. The molecule has 45 heavy (non-hydrogen) atoms. The third-order valence-corrected chi connectivity index (χ3v) is 13.1. The Kier molecular flexibility index (Phi) is 8.78. The minimum absolute atomic E-state index is 0.0151. The zero-order valence-electron chi connectivity index (χ0n) is 24.8. The van der Waals surface area contributed by atoms with E-state index in [0.29, 0.717) is 12.1 Å². The van der Waals surface area contributed by atoms with Crippen molar-refractivity contribution in [2.75, 3.05) is 19.5 Å². The molecule has 9 nitrogen and oxygen atoms in total. The molecule has 3 aromatic rings. The van der Waals surface area contributed by atoms with Crippen LogP contribution in [-0.4, -0.2) is 83.9 Å². The monoisotopic (exact) mass is 660 g/mol. The van der Waals surface area contributed by atoms with Gasteiger partial charge in [-0.2, -0.15) is 0 Å². The lowest BCUT2D eigenvalue weighted by atomic mass is 9.78. The quantitative estimate of drug-likeness (QED) is 0.147. The highest BCUT2D eigenvalue weighted by Crippen LogP contribution is 2.62. The SMILES string of the molecule is CCc1c([C@@H]([SH]2C[C@H](OC)[C@@H](n3cc(-c4cc(F)c(F)c(F)c4)nn3)[C@@H](O)[C@H]2CO)C2(O)CCC(F)(F)CC2)noc1C1CC1. The summed E-state index contributed by atoms with van der Waals surface area (Å²) in [5.41, 5.74) is -0.330. The number of hydrogen-bond donors (Lipinski definition) is 4. The molecule has 2 aliphatic carbocycles. The highest BCUT2D eigenvalue weighted by atomic mass is 32.2. The Morgan fingerprint density at radius 1 is 1.13 bits per heavy atom. The van der Waals surface area contributed by atoms with Gasteiger partial charge in [-0.25, -0.2) is 37.5 Å². The summed E-state index contributed by atoms with van der Waals surface area (Å²) in [5.74, 6) is -6.14. The number of aromatic nitrogens is 4. The third-order valence-electron chi connectivity index (χ3n) is 9.62. The number of methoxy groups -OCH3 is 1. The second-order valence-corrected chi connectivity index (χ2v) is 15.0. The lowest BCUT2D eigenvalue weighted by molar-refractivity contribution is -0.105. The van der Waals surface area contributed by atoms with Crippen molar-refractivity contribution in [1.82, 2.24) is 20.2 Å². The van der Waals surface area contributed by atoms with E-state index in [9.17, 15) is 37.3 Å². The number of thiol groups is 1. The van der Waals surface area contributed by atoms with Gasteiger partial charge in [0.1, 0.15) is 23.2 Å². The van der Waals surface area contributed by atoms with Gasteiger partial charge in [-0.05, 0) is 44.2 Å². The molecule has 2 aromatic heterocycles. The molecule has 6 atom stereocenters. The fraction of sp³-hybridized carbons (Fsp3) is 0.633. The minimum Gasteiger partial charge on any atom is -0.395 e. The number of aliphatic hydroxyl groups is 3. The number of ether oxygens (including phenoxy) is 1. The van der Waals surface area contributed by atoms with Gasteiger partial charge < -0.3 is 24.6 Å². The lowest BCUT2D eigenvalue weighted by Crippen LogP contribution is -2.54. The van der Waals surface area contributed by atoms with Gasteiger partial charge in [0, 0.05) is 48.0 Å². The van der Waals surface area contributed by atoms with E-state index in [2.05, 4.69) is 15.5 Å². The van der Waals surface area contributed by atoms with Gasteiger partial charge in [0.25, 0.3) is 0 Å². The van der Waals surface area contributed by atoms with Crippen molar-refractivity contribution in [3.63, 3.8) is 0 Å². The molecular formula is C30H37F5N4O5S. The Bertz CT molecular complexity index is 1500. The molecule has 0 spiro atoms. The van der Waals surface area contributed by atoms with Gasteiger partial charge in [-0.3, -0.25) is 0 Å². The molecule has 2 saturated carbocycles. The summed E-state index contributed by atoms with van der Waals surface area (Å²) in [6.07, 6.45) is 0.325. The summed E-state index contributed by atoms with van der Waals surface area (Å²) in [5, 5.41) is 45.6. The number of nitrogens with zero attached hydrogens (tertiary/aromatic N) is 4. The first kappa shape index (κ1) is 32.4. The van der Waals surface area contributed by atoms with Gasteiger partial charge in [0.2, 0.25) is 5.92 Å². The summed E-state index contributed by atoms with van der Waals surface area (Å²) < 4.78 is 83.0. The van der Waals surface area contributed by atoms with Gasteiger partial charge in [0.15, 0.2) is 17.5 Å². The van der Waals surface area contributed by atoms with Crippen LogP contribution in [-0.2, 0) is 11.2 Å². The van der Waals surface area contributed by atoms with E-state index in [1.807, 2.05) is 6.92 Å². The molecular weight excluding hydrogens is 623 g/mol.